The molecule has 0 aliphatic rings. The minimum absolute atomic E-state index is 0.808. The van der Waals surface area contributed by atoms with Gasteiger partial charge in [0, 0.05) is 13.1 Å². The van der Waals surface area contributed by atoms with Crippen molar-refractivity contribution < 1.29 is 0 Å². The van der Waals surface area contributed by atoms with E-state index in [4.69, 9.17) is 0 Å². The molecule has 0 amide bonds. The largest absolute Gasteiger partial charge is 0.311 e. The van der Waals surface area contributed by atoms with Crippen molar-refractivity contribution in [1.82, 2.24) is 25.3 Å². The maximum absolute atomic E-state index is 4.49. The van der Waals surface area contributed by atoms with Gasteiger partial charge in [0.2, 0.25) is 0 Å². The maximum atomic E-state index is 4.49. The molecule has 116 valence electrons. The van der Waals surface area contributed by atoms with Gasteiger partial charge in [-0.2, -0.15) is 0 Å². The third-order valence-electron chi connectivity index (χ3n) is 3.81. The molecule has 2 aromatic carbocycles. The number of rotatable bonds is 5. The average molecular weight is 323 g/mol. The summed E-state index contributed by atoms with van der Waals surface area (Å²) in [6.45, 7) is 4.56. The zero-order valence-corrected chi connectivity index (χ0v) is 13.7. The van der Waals surface area contributed by atoms with Crippen LogP contribution in [-0.2, 0) is 13.1 Å². The fourth-order valence-corrected chi connectivity index (χ4v) is 3.59. The number of hydrogen-bond acceptors (Lipinski definition) is 5. The van der Waals surface area contributed by atoms with Crippen molar-refractivity contribution in [2.24, 2.45) is 0 Å². The SMILES string of the molecule is Cc1nc2ccc(CNCCn3nnc4ccccc43)cc2s1. The summed E-state index contributed by atoms with van der Waals surface area (Å²) in [5, 5.41) is 13.0. The maximum Gasteiger partial charge on any atom is 0.113 e. The molecule has 1 N–H and O–H groups in total. The smallest absolute Gasteiger partial charge is 0.113 e. The molecule has 0 atom stereocenters. The number of hydrogen-bond donors (Lipinski definition) is 1. The number of fused-ring (bicyclic) bond motifs is 2. The van der Waals surface area contributed by atoms with Gasteiger partial charge in [0.15, 0.2) is 0 Å². The van der Waals surface area contributed by atoms with E-state index in [1.165, 1.54) is 10.3 Å². The summed E-state index contributed by atoms with van der Waals surface area (Å²) < 4.78 is 3.20. The summed E-state index contributed by atoms with van der Waals surface area (Å²) >= 11 is 1.74. The van der Waals surface area contributed by atoms with E-state index in [9.17, 15) is 0 Å². The zero-order valence-electron chi connectivity index (χ0n) is 12.9. The molecule has 4 aromatic rings. The summed E-state index contributed by atoms with van der Waals surface area (Å²) in [6.07, 6.45) is 0. The molecule has 0 saturated carbocycles. The monoisotopic (exact) mass is 323 g/mol. The van der Waals surface area contributed by atoms with Gasteiger partial charge in [-0.3, -0.25) is 0 Å². The molecule has 23 heavy (non-hydrogen) atoms. The van der Waals surface area contributed by atoms with Crippen LogP contribution in [0.25, 0.3) is 21.3 Å². The molecule has 5 nitrogen and oxygen atoms in total. The molecule has 0 unspecified atom stereocenters. The van der Waals surface area contributed by atoms with Gasteiger partial charge in [-0.05, 0) is 36.8 Å². The summed E-state index contributed by atoms with van der Waals surface area (Å²) in [5.74, 6) is 0. The van der Waals surface area contributed by atoms with Crippen LogP contribution in [0.15, 0.2) is 42.5 Å². The molecule has 0 bridgehead atoms. The molecule has 6 heteroatoms. The first-order valence-corrected chi connectivity index (χ1v) is 8.46. The van der Waals surface area contributed by atoms with Gasteiger partial charge in [0.25, 0.3) is 0 Å². The van der Waals surface area contributed by atoms with Crippen molar-refractivity contribution in [2.75, 3.05) is 6.54 Å². The van der Waals surface area contributed by atoms with E-state index in [1.807, 2.05) is 29.8 Å². The quantitative estimate of drug-likeness (QED) is 0.573. The second-order valence-corrected chi connectivity index (χ2v) is 6.75. The van der Waals surface area contributed by atoms with Gasteiger partial charge in [-0.15, -0.1) is 16.4 Å². The van der Waals surface area contributed by atoms with Crippen molar-refractivity contribution >= 4 is 32.6 Å². The van der Waals surface area contributed by atoms with Gasteiger partial charge in [0.1, 0.15) is 5.52 Å². The minimum Gasteiger partial charge on any atom is -0.311 e. The third-order valence-corrected chi connectivity index (χ3v) is 4.74. The summed E-state index contributed by atoms with van der Waals surface area (Å²) in [7, 11) is 0. The van der Waals surface area contributed by atoms with Crippen LogP contribution in [0.5, 0.6) is 0 Å². The Bertz CT molecular complexity index is 956. The van der Waals surface area contributed by atoms with Gasteiger partial charge in [0.05, 0.1) is 27.3 Å². The summed E-state index contributed by atoms with van der Waals surface area (Å²) in [4.78, 5) is 4.49. The highest BCUT2D eigenvalue weighted by Gasteiger charge is 2.04. The summed E-state index contributed by atoms with van der Waals surface area (Å²) in [5.41, 5.74) is 4.39. The molecule has 0 saturated heterocycles. The van der Waals surface area contributed by atoms with Crippen LogP contribution in [0.3, 0.4) is 0 Å². The van der Waals surface area contributed by atoms with Gasteiger partial charge in [-0.1, -0.05) is 23.4 Å². The Morgan fingerprint density at radius 2 is 2.04 bits per heavy atom. The van der Waals surface area contributed by atoms with Crippen LogP contribution in [0.4, 0.5) is 0 Å². The normalized spacial score (nSPS) is 11.5. The average Bonchev–Trinajstić information content (AvgIpc) is 3.13. The third kappa shape index (κ3) is 2.95. The second-order valence-electron chi connectivity index (χ2n) is 5.51. The van der Waals surface area contributed by atoms with Gasteiger partial charge >= 0.3 is 0 Å². The Kier molecular flexibility index (Phi) is 3.77. The van der Waals surface area contributed by atoms with Crippen molar-refractivity contribution in [3.63, 3.8) is 0 Å². The molecule has 4 rings (SSSR count). The van der Waals surface area contributed by atoms with Crippen LogP contribution in [-0.4, -0.2) is 26.5 Å². The van der Waals surface area contributed by atoms with Crippen LogP contribution >= 0.6 is 11.3 Å². The molecule has 0 aliphatic heterocycles. The van der Waals surface area contributed by atoms with Crippen molar-refractivity contribution in [3.05, 3.63) is 53.0 Å². The van der Waals surface area contributed by atoms with E-state index in [2.05, 4.69) is 44.9 Å². The number of aryl methyl sites for hydroxylation is 1. The first-order chi connectivity index (χ1) is 11.3. The highest BCUT2D eigenvalue weighted by molar-refractivity contribution is 7.18. The Labute approximate surface area is 138 Å². The lowest BCUT2D eigenvalue weighted by atomic mass is 10.2. The van der Waals surface area contributed by atoms with Crippen LogP contribution in [0, 0.1) is 6.92 Å². The van der Waals surface area contributed by atoms with E-state index in [0.717, 1.165) is 41.2 Å². The van der Waals surface area contributed by atoms with Crippen molar-refractivity contribution in [3.8, 4) is 0 Å². The predicted molar refractivity (Wildman–Crippen MR) is 93.6 cm³/mol. The molecule has 2 heterocycles. The number of nitrogens with zero attached hydrogens (tertiary/aromatic N) is 4. The molecule has 0 spiro atoms. The first-order valence-electron chi connectivity index (χ1n) is 7.64. The van der Waals surface area contributed by atoms with E-state index in [0.29, 0.717) is 0 Å². The van der Waals surface area contributed by atoms with Crippen LogP contribution in [0.1, 0.15) is 10.6 Å². The highest BCUT2D eigenvalue weighted by Crippen LogP contribution is 2.22. The first kappa shape index (κ1) is 14.3. The fraction of sp³-hybridized carbons (Fsp3) is 0.235. The standard InChI is InChI=1S/C17H17N5S/c1-12-19-15-7-6-13(10-17(15)23-12)11-18-8-9-22-16-5-3-2-4-14(16)20-21-22/h2-7,10,18H,8-9,11H2,1H3. The summed E-state index contributed by atoms with van der Waals surface area (Å²) in [6, 6.07) is 14.5. The van der Waals surface area contributed by atoms with E-state index < -0.39 is 0 Å². The predicted octanol–water partition coefficient (Wildman–Crippen LogP) is 3.14. The number of aromatic nitrogens is 4. The lowest BCUT2D eigenvalue weighted by Crippen LogP contribution is -2.20. The van der Waals surface area contributed by atoms with Crippen LogP contribution in [0.2, 0.25) is 0 Å². The fourth-order valence-electron chi connectivity index (χ4n) is 2.69. The number of thiazole rings is 1. The van der Waals surface area contributed by atoms with E-state index in [1.54, 1.807) is 11.3 Å². The molecular formula is C17H17N5S. The van der Waals surface area contributed by atoms with Crippen molar-refractivity contribution in [2.45, 2.75) is 20.0 Å². The molecule has 0 radical (unpaired) electrons. The topological polar surface area (TPSA) is 55.6 Å². The Hall–Kier alpha value is -2.31. The Morgan fingerprint density at radius 1 is 1.13 bits per heavy atom. The number of nitrogens with one attached hydrogen (secondary N) is 1. The molecule has 0 fully saturated rings. The lowest BCUT2D eigenvalue weighted by molar-refractivity contribution is 0.552. The minimum atomic E-state index is 0.808. The van der Waals surface area contributed by atoms with Crippen LogP contribution < -0.4 is 5.32 Å². The Balaban J connectivity index is 1.37. The Morgan fingerprint density at radius 3 is 3.00 bits per heavy atom. The number of benzene rings is 2. The molecule has 0 aliphatic carbocycles. The molecular weight excluding hydrogens is 306 g/mol. The van der Waals surface area contributed by atoms with Crippen molar-refractivity contribution in [1.29, 1.82) is 0 Å². The van der Waals surface area contributed by atoms with E-state index >= 15 is 0 Å². The second kappa shape index (κ2) is 6.06. The lowest BCUT2D eigenvalue weighted by Gasteiger charge is -2.05. The highest BCUT2D eigenvalue weighted by atomic mass is 32.1. The van der Waals surface area contributed by atoms with Gasteiger partial charge in [-0.25, -0.2) is 9.67 Å². The molecule has 2 aromatic heterocycles. The number of para-hydroxylation sites is 1. The van der Waals surface area contributed by atoms with Gasteiger partial charge < -0.3 is 5.32 Å². The zero-order chi connectivity index (χ0) is 15.6. The van der Waals surface area contributed by atoms with E-state index in [-0.39, 0.29) is 0 Å².